The number of anilines is 1. The van der Waals surface area contributed by atoms with E-state index in [0.717, 1.165) is 16.1 Å². The van der Waals surface area contributed by atoms with Crippen molar-refractivity contribution < 1.29 is 18.1 Å². The van der Waals surface area contributed by atoms with E-state index in [0.29, 0.717) is 13.0 Å². The topological polar surface area (TPSA) is 110 Å². The van der Waals surface area contributed by atoms with Crippen molar-refractivity contribution in [1.82, 2.24) is 5.32 Å². The standard InChI is InChI=1S/C20H25N3O5S/c1-16(17-8-4-3-5-9-17)15-21-20(24)12-7-13-22(29(2,27)28)18-10-6-11-19(14-18)23(25)26/h3-6,8-11,14,16H,7,12-13,15H2,1-2H3,(H,21,24)/t16-/m0/s1. The molecule has 0 spiro atoms. The summed E-state index contributed by atoms with van der Waals surface area (Å²) >= 11 is 0. The minimum atomic E-state index is -3.64. The van der Waals surface area contributed by atoms with Crippen molar-refractivity contribution in [1.29, 1.82) is 0 Å². The lowest BCUT2D eigenvalue weighted by atomic mass is 10.0. The number of non-ortho nitro benzene ring substituents is 1. The number of sulfonamides is 1. The Kier molecular flexibility index (Phi) is 7.72. The van der Waals surface area contributed by atoms with E-state index >= 15 is 0 Å². The second-order valence-corrected chi connectivity index (χ2v) is 8.74. The molecule has 156 valence electrons. The molecule has 2 aromatic rings. The average molecular weight is 420 g/mol. The van der Waals surface area contributed by atoms with Crippen LogP contribution in [0.3, 0.4) is 0 Å². The molecule has 1 amide bonds. The third kappa shape index (κ3) is 6.86. The van der Waals surface area contributed by atoms with Crippen LogP contribution in [0.5, 0.6) is 0 Å². The number of amides is 1. The van der Waals surface area contributed by atoms with Crippen molar-refractivity contribution in [2.45, 2.75) is 25.7 Å². The first-order valence-electron chi connectivity index (χ1n) is 9.22. The van der Waals surface area contributed by atoms with E-state index in [4.69, 9.17) is 0 Å². The zero-order valence-corrected chi connectivity index (χ0v) is 17.3. The van der Waals surface area contributed by atoms with Gasteiger partial charge in [0.1, 0.15) is 0 Å². The molecule has 0 aromatic heterocycles. The molecule has 1 atom stereocenters. The Morgan fingerprint density at radius 1 is 1.17 bits per heavy atom. The molecular weight excluding hydrogens is 394 g/mol. The third-order valence-electron chi connectivity index (χ3n) is 4.47. The maximum atomic E-state index is 12.1. The minimum Gasteiger partial charge on any atom is -0.356 e. The molecule has 0 aliphatic heterocycles. The Balaban J connectivity index is 1.91. The second kappa shape index (κ2) is 10.0. The van der Waals surface area contributed by atoms with Gasteiger partial charge in [-0.2, -0.15) is 0 Å². The van der Waals surface area contributed by atoms with Crippen molar-refractivity contribution in [3.63, 3.8) is 0 Å². The highest BCUT2D eigenvalue weighted by Gasteiger charge is 2.20. The average Bonchev–Trinajstić information content (AvgIpc) is 2.69. The zero-order chi connectivity index (χ0) is 21.4. The number of nitrogens with one attached hydrogen (secondary N) is 1. The van der Waals surface area contributed by atoms with Gasteiger partial charge in [0, 0.05) is 31.6 Å². The van der Waals surface area contributed by atoms with Gasteiger partial charge in [-0.3, -0.25) is 19.2 Å². The van der Waals surface area contributed by atoms with E-state index in [9.17, 15) is 23.3 Å². The number of hydrogen-bond acceptors (Lipinski definition) is 5. The highest BCUT2D eigenvalue weighted by Crippen LogP contribution is 2.23. The largest absolute Gasteiger partial charge is 0.356 e. The molecule has 2 aromatic carbocycles. The summed E-state index contributed by atoms with van der Waals surface area (Å²) in [6.07, 6.45) is 1.48. The molecular formula is C20H25N3O5S. The van der Waals surface area contributed by atoms with E-state index < -0.39 is 14.9 Å². The smallest absolute Gasteiger partial charge is 0.271 e. The number of carbonyl (C=O) groups is 1. The Morgan fingerprint density at radius 3 is 2.48 bits per heavy atom. The molecule has 0 radical (unpaired) electrons. The van der Waals surface area contributed by atoms with Gasteiger partial charge in [0.25, 0.3) is 5.69 Å². The first-order valence-corrected chi connectivity index (χ1v) is 11.1. The third-order valence-corrected chi connectivity index (χ3v) is 5.66. The van der Waals surface area contributed by atoms with Crippen LogP contribution >= 0.6 is 0 Å². The van der Waals surface area contributed by atoms with Gasteiger partial charge < -0.3 is 5.32 Å². The molecule has 0 aliphatic rings. The predicted molar refractivity (Wildman–Crippen MR) is 112 cm³/mol. The number of benzene rings is 2. The summed E-state index contributed by atoms with van der Waals surface area (Å²) in [5.41, 5.74) is 1.14. The van der Waals surface area contributed by atoms with Crippen LogP contribution in [0.4, 0.5) is 11.4 Å². The van der Waals surface area contributed by atoms with Gasteiger partial charge in [-0.15, -0.1) is 0 Å². The Bertz CT molecular complexity index is 948. The lowest BCUT2D eigenvalue weighted by Gasteiger charge is -2.22. The van der Waals surface area contributed by atoms with Gasteiger partial charge in [0.15, 0.2) is 0 Å². The molecule has 2 rings (SSSR count). The van der Waals surface area contributed by atoms with E-state index in [1.807, 2.05) is 37.3 Å². The molecule has 0 saturated heterocycles. The van der Waals surface area contributed by atoms with Gasteiger partial charge >= 0.3 is 0 Å². The summed E-state index contributed by atoms with van der Waals surface area (Å²) in [5, 5.41) is 13.8. The molecule has 0 saturated carbocycles. The van der Waals surface area contributed by atoms with Gasteiger partial charge in [-0.05, 0) is 24.0 Å². The fourth-order valence-electron chi connectivity index (χ4n) is 2.89. The first kappa shape index (κ1) is 22.4. The summed E-state index contributed by atoms with van der Waals surface area (Å²) < 4.78 is 25.3. The Labute approximate surface area is 170 Å². The first-order chi connectivity index (χ1) is 13.7. The highest BCUT2D eigenvalue weighted by molar-refractivity contribution is 7.92. The predicted octanol–water partition coefficient (Wildman–Crippen LogP) is 3.06. The molecule has 29 heavy (non-hydrogen) atoms. The van der Waals surface area contributed by atoms with Crippen LogP contribution in [0.1, 0.15) is 31.2 Å². The van der Waals surface area contributed by atoms with Crippen LogP contribution in [-0.2, 0) is 14.8 Å². The lowest BCUT2D eigenvalue weighted by molar-refractivity contribution is -0.384. The van der Waals surface area contributed by atoms with Gasteiger partial charge in [0.2, 0.25) is 15.9 Å². The Hall–Kier alpha value is -2.94. The molecule has 0 fully saturated rings. The van der Waals surface area contributed by atoms with Crippen molar-refractivity contribution >= 4 is 27.3 Å². The van der Waals surface area contributed by atoms with Crippen LogP contribution in [0, 0.1) is 10.1 Å². The van der Waals surface area contributed by atoms with Crippen LogP contribution in [0.15, 0.2) is 54.6 Å². The Morgan fingerprint density at radius 2 is 1.86 bits per heavy atom. The van der Waals surface area contributed by atoms with Gasteiger partial charge in [-0.1, -0.05) is 43.3 Å². The summed E-state index contributed by atoms with van der Waals surface area (Å²) in [6, 6.07) is 15.3. The van der Waals surface area contributed by atoms with Crippen LogP contribution < -0.4 is 9.62 Å². The van der Waals surface area contributed by atoms with E-state index in [1.54, 1.807) is 0 Å². The molecule has 0 aliphatic carbocycles. The number of nitrogens with zero attached hydrogens (tertiary/aromatic N) is 2. The van der Waals surface area contributed by atoms with Crippen LogP contribution in [0.25, 0.3) is 0 Å². The number of carbonyl (C=O) groups excluding carboxylic acids is 1. The van der Waals surface area contributed by atoms with Crippen molar-refractivity contribution in [3.05, 3.63) is 70.3 Å². The van der Waals surface area contributed by atoms with Crippen LogP contribution in [0.2, 0.25) is 0 Å². The molecule has 8 nitrogen and oxygen atoms in total. The maximum Gasteiger partial charge on any atom is 0.271 e. The normalized spacial score (nSPS) is 12.2. The summed E-state index contributed by atoms with van der Waals surface area (Å²) in [6.45, 7) is 2.56. The SMILES string of the molecule is C[C@@H](CNC(=O)CCCN(c1cccc([N+](=O)[O-])c1)S(C)(=O)=O)c1ccccc1. The zero-order valence-electron chi connectivity index (χ0n) is 16.4. The van der Waals surface area contributed by atoms with Crippen LogP contribution in [-0.4, -0.2) is 38.6 Å². The van der Waals surface area contributed by atoms with Crippen molar-refractivity contribution in [3.8, 4) is 0 Å². The molecule has 0 heterocycles. The number of hydrogen-bond donors (Lipinski definition) is 1. The summed E-state index contributed by atoms with van der Waals surface area (Å²) in [5.74, 6) is -0.00203. The van der Waals surface area contributed by atoms with E-state index in [-0.39, 0.29) is 36.2 Å². The monoisotopic (exact) mass is 419 g/mol. The fraction of sp³-hybridized carbons (Fsp3) is 0.350. The number of nitro benzene ring substituents is 1. The minimum absolute atomic E-state index is 0.0572. The summed E-state index contributed by atoms with van der Waals surface area (Å²) in [4.78, 5) is 22.5. The molecule has 1 N–H and O–H groups in total. The second-order valence-electron chi connectivity index (χ2n) is 6.83. The number of rotatable bonds is 10. The highest BCUT2D eigenvalue weighted by atomic mass is 32.2. The van der Waals surface area contributed by atoms with Crippen molar-refractivity contribution in [2.24, 2.45) is 0 Å². The molecule has 0 unspecified atom stereocenters. The van der Waals surface area contributed by atoms with Gasteiger partial charge in [-0.25, -0.2) is 8.42 Å². The molecule has 0 bridgehead atoms. The quantitative estimate of drug-likeness (QED) is 0.470. The van der Waals surface area contributed by atoms with E-state index in [1.165, 1.54) is 24.3 Å². The van der Waals surface area contributed by atoms with E-state index in [2.05, 4.69) is 5.32 Å². The summed E-state index contributed by atoms with van der Waals surface area (Å²) in [7, 11) is -3.64. The molecule has 9 heteroatoms. The number of nitro groups is 1. The lowest BCUT2D eigenvalue weighted by Crippen LogP contribution is -2.32. The van der Waals surface area contributed by atoms with Gasteiger partial charge in [0.05, 0.1) is 16.9 Å². The van der Waals surface area contributed by atoms with Crippen molar-refractivity contribution in [2.75, 3.05) is 23.7 Å². The fourth-order valence-corrected chi connectivity index (χ4v) is 3.84. The maximum absolute atomic E-state index is 12.1.